The summed E-state index contributed by atoms with van der Waals surface area (Å²) in [6, 6.07) is 4.13. The summed E-state index contributed by atoms with van der Waals surface area (Å²) in [4.78, 5) is 17.5. The van der Waals surface area contributed by atoms with Gasteiger partial charge in [0.25, 0.3) is 5.91 Å². The minimum atomic E-state index is -0.105. The van der Waals surface area contributed by atoms with Gasteiger partial charge in [-0.05, 0) is 71.2 Å². The topological polar surface area (TPSA) is 59.9 Å². The number of rotatable bonds is 5. The highest BCUT2D eigenvalue weighted by molar-refractivity contribution is 9.10. The van der Waals surface area contributed by atoms with Crippen molar-refractivity contribution in [2.24, 2.45) is 4.99 Å². The molecule has 0 radical (unpaired) electrons. The van der Waals surface area contributed by atoms with Crippen molar-refractivity contribution in [2.45, 2.75) is 38.6 Å². The molecule has 25 heavy (non-hydrogen) atoms. The van der Waals surface area contributed by atoms with Crippen molar-refractivity contribution in [1.29, 1.82) is 0 Å². The van der Waals surface area contributed by atoms with Crippen molar-refractivity contribution < 1.29 is 14.3 Å². The molecule has 2 aliphatic rings. The molecule has 1 aliphatic carbocycles. The van der Waals surface area contributed by atoms with Crippen molar-refractivity contribution in [2.75, 3.05) is 13.7 Å². The highest BCUT2D eigenvalue weighted by atomic mass is 79.9. The molecule has 1 amide bonds. The van der Waals surface area contributed by atoms with Gasteiger partial charge in [0.15, 0.2) is 16.7 Å². The van der Waals surface area contributed by atoms with Crippen molar-refractivity contribution in [3.63, 3.8) is 0 Å². The number of aliphatic imine (C=N–C) groups is 1. The third-order valence-corrected chi connectivity index (χ3v) is 5.62. The maximum atomic E-state index is 12.2. The number of amides is 1. The number of thioether (sulfide) groups is 1. The summed E-state index contributed by atoms with van der Waals surface area (Å²) in [5, 5.41) is 3.58. The monoisotopic (exact) mass is 424 g/mol. The largest absolute Gasteiger partial charge is 0.492 e. The Morgan fingerprint density at radius 3 is 2.84 bits per heavy atom. The van der Waals surface area contributed by atoms with E-state index in [4.69, 9.17) is 9.47 Å². The number of nitrogens with zero attached hydrogens (tertiary/aromatic N) is 1. The van der Waals surface area contributed by atoms with Crippen LogP contribution in [0.4, 0.5) is 0 Å². The molecule has 7 heteroatoms. The average Bonchev–Trinajstić information content (AvgIpc) is 3.18. The molecule has 0 unspecified atom stereocenters. The van der Waals surface area contributed by atoms with Crippen LogP contribution < -0.4 is 14.8 Å². The van der Waals surface area contributed by atoms with Crippen LogP contribution in [0.1, 0.15) is 38.2 Å². The SMILES string of the molecule is CCOc1cc(C=C2SC(=NC3CCCC3)NC2=O)cc(Br)c1OC. The summed E-state index contributed by atoms with van der Waals surface area (Å²) >= 11 is 4.90. The van der Waals surface area contributed by atoms with E-state index in [1.165, 1.54) is 24.6 Å². The molecule has 1 aromatic carbocycles. The fourth-order valence-electron chi connectivity index (χ4n) is 2.97. The van der Waals surface area contributed by atoms with Crippen LogP contribution in [-0.2, 0) is 4.79 Å². The molecule has 5 nitrogen and oxygen atoms in total. The number of ether oxygens (including phenoxy) is 2. The summed E-state index contributed by atoms with van der Waals surface area (Å²) in [6.45, 7) is 2.46. The summed E-state index contributed by atoms with van der Waals surface area (Å²) in [5.74, 6) is 1.19. The summed E-state index contributed by atoms with van der Waals surface area (Å²) in [7, 11) is 1.60. The van der Waals surface area contributed by atoms with Gasteiger partial charge in [-0.2, -0.15) is 0 Å². The zero-order valence-corrected chi connectivity index (χ0v) is 16.7. The van der Waals surface area contributed by atoms with Gasteiger partial charge >= 0.3 is 0 Å². The van der Waals surface area contributed by atoms with Crippen LogP contribution >= 0.6 is 27.7 Å². The van der Waals surface area contributed by atoms with Gasteiger partial charge in [0.1, 0.15) is 0 Å². The third kappa shape index (κ3) is 4.39. The first-order valence-electron chi connectivity index (χ1n) is 8.39. The van der Waals surface area contributed by atoms with Gasteiger partial charge in [0, 0.05) is 0 Å². The zero-order valence-electron chi connectivity index (χ0n) is 14.3. The van der Waals surface area contributed by atoms with Crippen molar-refractivity contribution in [3.8, 4) is 11.5 Å². The molecule has 1 saturated heterocycles. The molecule has 1 saturated carbocycles. The van der Waals surface area contributed by atoms with E-state index < -0.39 is 0 Å². The Morgan fingerprint density at radius 1 is 1.40 bits per heavy atom. The van der Waals surface area contributed by atoms with E-state index in [-0.39, 0.29) is 5.91 Å². The van der Waals surface area contributed by atoms with Gasteiger partial charge in [-0.25, -0.2) is 0 Å². The van der Waals surface area contributed by atoms with Crippen molar-refractivity contribution in [1.82, 2.24) is 5.32 Å². The van der Waals surface area contributed by atoms with Crippen molar-refractivity contribution in [3.05, 3.63) is 27.1 Å². The smallest absolute Gasteiger partial charge is 0.264 e. The van der Waals surface area contributed by atoms with Crippen LogP contribution in [0.3, 0.4) is 0 Å². The zero-order chi connectivity index (χ0) is 17.8. The predicted molar refractivity (Wildman–Crippen MR) is 105 cm³/mol. The fourth-order valence-corrected chi connectivity index (χ4v) is 4.49. The fraction of sp³-hybridized carbons (Fsp3) is 0.444. The Kier molecular flexibility index (Phi) is 6.06. The summed E-state index contributed by atoms with van der Waals surface area (Å²) < 4.78 is 11.8. The van der Waals surface area contributed by atoms with E-state index in [0.29, 0.717) is 34.2 Å². The van der Waals surface area contributed by atoms with E-state index in [1.807, 2.05) is 25.1 Å². The Bertz CT molecular complexity index is 727. The molecule has 1 aromatic rings. The van der Waals surface area contributed by atoms with Crippen LogP contribution in [0.5, 0.6) is 11.5 Å². The van der Waals surface area contributed by atoms with Gasteiger partial charge in [-0.3, -0.25) is 9.79 Å². The van der Waals surface area contributed by atoms with Gasteiger partial charge in [0.05, 0.1) is 29.1 Å². The van der Waals surface area contributed by atoms with Crippen LogP contribution in [0.15, 0.2) is 26.5 Å². The first-order valence-corrected chi connectivity index (χ1v) is 10.0. The Hall–Kier alpha value is -1.47. The predicted octanol–water partition coefficient (Wildman–Crippen LogP) is 4.36. The van der Waals surface area contributed by atoms with E-state index in [9.17, 15) is 4.79 Å². The van der Waals surface area contributed by atoms with E-state index in [2.05, 4.69) is 26.2 Å². The molecule has 0 aromatic heterocycles. The molecule has 0 bridgehead atoms. The minimum Gasteiger partial charge on any atom is -0.492 e. The molecule has 1 aliphatic heterocycles. The number of carbonyl (C=O) groups excluding carboxylic acids is 1. The highest BCUT2D eigenvalue weighted by Crippen LogP contribution is 2.38. The van der Waals surface area contributed by atoms with E-state index >= 15 is 0 Å². The molecule has 1 N–H and O–H groups in total. The number of hydrogen-bond acceptors (Lipinski definition) is 5. The highest BCUT2D eigenvalue weighted by Gasteiger charge is 2.26. The molecule has 0 atom stereocenters. The number of carbonyl (C=O) groups is 1. The average molecular weight is 425 g/mol. The van der Waals surface area contributed by atoms with Crippen LogP contribution in [0, 0.1) is 0 Å². The normalized spacial score (nSPS) is 21.2. The minimum absolute atomic E-state index is 0.105. The molecule has 0 spiro atoms. The summed E-state index contributed by atoms with van der Waals surface area (Å²) in [6.07, 6.45) is 6.53. The Morgan fingerprint density at radius 2 is 2.16 bits per heavy atom. The first-order chi connectivity index (χ1) is 12.1. The Balaban J connectivity index is 1.83. The lowest BCUT2D eigenvalue weighted by Crippen LogP contribution is -2.21. The summed E-state index contributed by atoms with van der Waals surface area (Å²) in [5.41, 5.74) is 0.871. The molecule has 134 valence electrons. The molecular weight excluding hydrogens is 404 g/mol. The molecular formula is C18H21BrN2O3S. The second-order valence-corrected chi connectivity index (χ2v) is 7.79. The molecule has 1 heterocycles. The standard InChI is InChI=1S/C18H21BrN2O3S/c1-3-24-14-9-11(8-13(19)16(14)23-2)10-15-17(22)21-18(25-15)20-12-6-4-5-7-12/h8-10,12H,3-7H2,1-2H3,(H,20,21,22). The number of benzene rings is 1. The number of methoxy groups -OCH3 is 1. The quantitative estimate of drug-likeness (QED) is 0.713. The van der Waals surface area contributed by atoms with Gasteiger partial charge in [-0.1, -0.05) is 12.8 Å². The van der Waals surface area contributed by atoms with E-state index in [1.54, 1.807) is 7.11 Å². The number of amidine groups is 1. The number of nitrogens with one attached hydrogen (secondary N) is 1. The van der Waals surface area contributed by atoms with Crippen LogP contribution in [-0.4, -0.2) is 30.8 Å². The van der Waals surface area contributed by atoms with Crippen LogP contribution in [0.2, 0.25) is 0 Å². The van der Waals surface area contributed by atoms with Gasteiger partial charge in [-0.15, -0.1) is 0 Å². The van der Waals surface area contributed by atoms with Crippen LogP contribution in [0.25, 0.3) is 6.08 Å². The lowest BCUT2D eigenvalue weighted by Gasteiger charge is -2.12. The van der Waals surface area contributed by atoms with Gasteiger partial charge in [0.2, 0.25) is 0 Å². The molecule has 3 rings (SSSR count). The lowest BCUT2D eigenvalue weighted by atomic mass is 10.2. The lowest BCUT2D eigenvalue weighted by molar-refractivity contribution is -0.115. The first kappa shape index (κ1) is 18.3. The van der Waals surface area contributed by atoms with E-state index in [0.717, 1.165) is 22.9 Å². The maximum absolute atomic E-state index is 12.2. The number of halogens is 1. The van der Waals surface area contributed by atoms with Crippen molar-refractivity contribution >= 4 is 44.8 Å². The second-order valence-electron chi connectivity index (χ2n) is 5.90. The third-order valence-electron chi connectivity index (χ3n) is 4.11. The van der Waals surface area contributed by atoms with Gasteiger partial charge < -0.3 is 14.8 Å². The molecule has 2 fully saturated rings. The Labute approximate surface area is 160 Å². The second kappa shape index (κ2) is 8.27. The maximum Gasteiger partial charge on any atom is 0.264 e. The number of hydrogen-bond donors (Lipinski definition) is 1.